The van der Waals surface area contributed by atoms with E-state index in [0.717, 1.165) is 18.5 Å². The Hall–Kier alpha value is -4.62. The minimum absolute atomic E-state index is 0.103. The molecule has 0 unspecified atom stereocenters. The number of hydrogen-bond donors (Lipinski definition) is 5. The zero-order valence-electron chi connectivity index (χ0n) is 24.4. The number of pyridine rings is 3. The van der Waals surface area contributed by atoms with Crippen LogP contribution in [0.4, 0.5) is 21.0 Å². The van der Waals surface area contributed by atoms with Crippen LogP contribution in [0.5, 0.6) is 0 Å². The summed E-state index contributed by atoms with van der Waals surface area (Å²) in [5.74, 6) is 0.406. The third kappa shape index (κ3) is 6.48. The molecule has 1 saturated carbocycles. The standard InChI is InChI=1S/C31H34N8O4S/c1-18(2)14-35-44(42,43)28-12-23-26(38-30(40)36-20-5-3-9-32-15-20)13-27(39-31(41)37-21-6-4-10-33-16-21)29(23)24-17-34-25(11-22(24)28)19-7-8-19/h3-6,9-12,15-19,26-27,35H,7-8,13-14H2,1-2H3,(H2,36,38,40)(H2,37,39,41)/t26-,27-/m1/s1. The number of urea groups is 2. The smallest absolute Gasteiger partial charge is 0.319 e. The predicted molar refractivity (Wildman–Crippen MR) is 167 cm³/mol. The fraction of sp³-hybridized carbons (Fsp3) is 0.323. The van der Waals surface area contributed by atoms with Gasteiger partial charge in [0.1, 0.15) is 0 Å². The quantitative estimate of drug-likeness (QED) is 0.177. The maximum absolute atomic E-state index is 13.8. The average molecular weight is 615 g/mol. The minimum atomic E-state index is -3.93. The number of amides is 4. The molecule has 4 amide bonds. The Labute approximate surface area is 255 Å². The first-order valence-electron chi connectivity index (χ1n) is 14.6. The van der Waals surface area contributed by atoms with Gasteiger partial charge in [0.15, 0.2) is 0 Å². The predicted octanol–water partition coefficient (Wildman–Crippen LogP) is 4.97. The van der Waals surface area contributed by atoms with Gasteiger partial charge in [-0.05, 0) is 72.7 Å². The monoisotopic (exact) mass is 614 g/mol. The van der Waals surface area contributed by atoms with Crippen molar-refractivity contribution in [1.29, 1.82) is 0 Å². The van der Waals surface area contributed by atoms with E-state index in [4.69, 9.17) is 4.98 Å². The van der Waals surface area contributed by atoms with Crippen molar-refractivity contribution in [1.82, 2.24) is 30.3 Å². The summed E-state index contributed by atoms with van der Waals surface area (Å²) in [6, 6.07) is 8.24. The van der Waals surface area contributed by atoms with E-state index < -0.39 is 34.2 Å². The Morgan fingerprint density at radius 1 is 0.886 bits per heavy atom. The normalized spacial score (nSPS) is 17.7. The maximum Gasteiger partial charge on any atom is 0.319 e. The fourth-order valence-electron chi connectivity index (χ4n) is 5.47. The number of aromatic nitrogens is 3. The lowest BCUT2D eigenvalue weighted by molar-refractivity contribution is 0.245. The molecule has 1 fully saturated rings. The highest BCUT2D eigenvalue weighted by molar-refractivity contribution is 7.89. The number of rotatable bonds is 9. The second kappa shape index (κ2) is 12.2. The molecule has 0 saturated heterocycles. The van der Waals surface area contributed by atoms with Crippen molar-refractivity contribution in [3.8, 4) is 0 Å². The van der Waals surface area contributed by atoms with E-state index in [2.05, 4.69) is 36.0 Å². The third-order valence-electron chi connectivity index (χ3n) is 7.69. The fourth-order valence-corrected chi connectivity index (χ4v) is 6.92. The van der Waals surface area contributed by atoms with Crippen molar-refractivity contribution in [3.63, 3.8) is 0 Å². The van der Waals surface area contributed by atoms with Crippen LogP contribution in [0.15, 0.2) is 72.3 Å². The van der Waals surface area contributed by atoms with Crippen LogP contribution in [-0.2, 0) is 10.0 Å². The summed E-state index contributed by atoms with van der Waals surface area (Å²) in [6.07, 6.45) is 10.3. The minimum Gasteiger partial charge on any atom is -0.331 e. The number of fused-ring (bicyclic) bond motifs is 3. The number of sulfonamides is 1. The number of carbonyl (C=O) groups is 2. The van der Waals surface area contributed by atoms with E-state index in [1.807, 2.05) is 19.9 Å². The highest BCUT2D eigenvalue weighted by Gasteiger charge is 2.38. The molecule has 2 aliphatic carbocycles. The summed E-state index contributed by atoms with van der Waals surface area (Å²) >= 11 is 0. The van der Waals surface area contributed by atoms with E-state index in [9.17, 15) is 18.0 Å². The molecule has 5 N–H and O–H groups in total. The Balaban J connectivity index is 1.41. The van der Waals surface area contributed by atoms with Gasteiger partial charge in [-0.15, -0.1) is 0 Å². The molecule has 4 aromatic rings. The molecule has 44 heavy (non-hydrogen) atoms. The van der Waals surface area contributed by atoms with Crippen molar-refractivity contribution in [3.05, 3.63) is 84.2 Å². The second-order valence-electron chi connectivity index (χ2n) is 11.6. The van der Waals surface area contributed by atoms with Crippen LogP contribution >= 0.6 is 0 Å². The van der Waals surface area contributed by atoms with Crippen LogP contribution in [0.2, 0.25) is 0 Å². The zero-order valence-corrected chi connectivity index (χ0v) is 25.2. The van der Waals surface area contributed by atoms with E-state index >= 15 is 0 Å². The molecule has 0 aliphatic heterocycles. The lowest BCUT2D eigenvalue weighted by Gasteiger charge is -2.19. The van der Waals surface area contributed by atoms with Crippen molar-refractivity contribution < 1.29 is 18.0 Å². The van der Waals surface area contributed by atoms with Gasteiger partial charge in [-0.3, -0.25) is 15.0 Å². The van der Waals surface area contributed by atoms with Gasteiger partial charge >= 0.3 is 12.1 Å². The van der Waals surface area contributed by atoms with Gasteiger partial charge in [-0.2, -0.15) is 0 Å². The Kier molecular flexibility index (Phi) is 8.15. The molecule has 3 aromatic heterocycles. The van der Waals surface area contributed by atoms with Gasteiger partial charge in [0.2, 0.25) is 10.0 Å². The van der Waals surface area contributed by atoms with Crippen LogP contribution in [0.3, 0.4) is 0 Å². The van der Waals surface area contributed by atoms with Gasteiger partial charge < -0.3 is 21.3 Å². The molecule has 0 radical (unpaired) electrons. The molecule has 2 aliphatic rings. The molecular formula is C31H34N8O4S. The lowest BCUT2D eigenvalue weighted by Crippen LogP contribution is -2.34. The van der Waals surface area contributed by atoms with Crippen molar-refractivity contribution in [2.75, 3.05) is 17.2 Å². The molecule has 3 heterocycles. The number of nitrogens with one attached hydrogen (secondary N) is 5. The van der Waals surface area contributed by atoms with Gasteiger partial charge in [0.05, 0.1) is 40.7 Å². The summed E-state index contributed by atoms with van der Waals surface area (Å²) in [4.78, 5) is 39.1. The molecule has 0 bridgehead atoms. The first-order chi connectivity index (χ1) is 21.2. The van der Waals surface area contributed by atoms with Crippen molar-refractivity contribution in [2.24, 2.45) is 5.92 Å². The molecule has 1 aromatic carbocycles. The van der Waals surface area contributed by atoms with E-state index in [0.29, 0.717) is 45.6 Å². The topological polar surface area (TPSA) is 167 Å². The maximum atomic E-state index is 13.8. The van der Waals surface area contributed by atoms with Crippen LogP contribution in [0.1, 0.15) is 67.9 Å². The number of carbonyl (C=O) groups excluding carboxylic acids is 2. The third-order valence-corrected chi connectivity index (χ3v) is 9.15. The first kappa shape index (κ1) is 29.5. The Bertz CT molecular complexity index is 1800. The number of benzene rings is 1. The number of anilines is 2. The Morgan fingerprint density at radius 3 is 2.09 bits per heavy atom. The Morgan fingerprint density at radius 2 is 1.52 bits per heavy atom. The highest BCUT2D eigenvalue weighted by atomic mass is 32.2. The van der Waals surface area contributed by atoms with Gasteiger partial charge in [0, 0.05) is 47.5 Å². The van der Waals surface area contributed by atoms with E-state index in [1.54, 1.807) is 48.9 Å². The van der Waals surface area contributed by atoms with Crippen LogP contribution in [0, 0.1) is 5.92 Å². The van der Waals surface area contributed by atoms with Crippen LogP contribution in [-0.4, -0.2) is 42.0 Å². The van der Waals surface area contributed by atoms with Gasteiger partial charge in [-0.1, -0.05) is 13.8 Å². The van der Waals surface area contributed by atoms with Gasteiger partial charge in [-0.25, -0.2) is 22.7 Å². The molecule has 0 spiro atoms. The van der Waals surface area contributed by atoms with E-state index in [-0.39, 0.29) is 17.4 Å². The lowest BCUT2D eigenvalue weighted by atomic mass is 9.98. The second-order valence-corrected chi connectivity index (χ2v) is 13.3. The van der Waals surface area contributed by atoms with E-state index in [1.165, 1.54) is 12.4 Å². The summed E-state index contributed by atoms with van der Waals surface area (Å²) in [5, 5.41) is 12.7. The molecular weight excluding hydrogens is 580 g/mol. The largest absolute Gasteiger partial charge is 0.331 e. The summed E-state index contributed by atoms with van der Waals surface area (Å²) < 4.78 is 30.3. The first-order valence-corrected chi connectivity index (χ1v) is 16.1. The van der Waals surface area contributed by atoms with Crippen LogP contribution in [0.25, 0.3) is 10.8 Å². The summed E-state index contributed by atoms with van der Waals surface area (Å²) in [5.41, 5.74) is 3.18. The molecule has 2 atom stereocenters. The average Bonchev–Trinajstić information content (AvgIpc) is 3.80. The molecule has 13 heteroatoms. The van der Waals surface area contributed by atoms with Crippen LogP contribution < -0.4 is 26.0 Å². The molecule has 12 nitrogen and oxygen atoms in total. The number of hydrogen-bond acceptors (Lipinski definition) is 7. The highest BCUT2D eigenvalue weighted by Crippen LogP contribution is 2.46. The molecule has 6 rings (SSSR count). The SMILES string of the molecule is CC(C)CNS(=O)(=O)c1cc2c(c3cnc(C4CC4)cc13)[C@H](NC(=O)Nc1cccnc1)C[C@H]2NC(=O)Nc1cccnc1. The zero-order chi connectivity index (χ0) is 30.8. The number of nitrogens with zero attached hydrogens (tertiary/aromatic N) is 3. The summed E-state index contributed by atoms with van der Waals surface area (Å²) in [7, 11) is -3.93. The molecule has 228 valence electrons. The van der Waals surface area contributed by atoms with Crippen molar-refractivity contribution in [2.45, 2.75) is 56.0 Å². The van der Waals surface area contributed by atoms with Crippen molar-refractivity contribution >= 4 is 44.2 Å². The van der Waals surface area contributed by atoms with Gasteiger partial charge in [0.25, 0.3) is 0 Å². The summed E-state index contributed by atoms with van der Waals surface area (Å²) in [6.45, 7) is 4.15.